The number of fused-ring (bicyclic) bond motifs is 4. The molecule has 13 heavy (non-hydrogen) atoms. The van der Waals surface area contributed by atoms with Gasteiger partial charge in [-0.2, -0.15) is 0 Å². The zero-order valence-electron chi connectivity index (χ0n) is 8.17. The van der Waals surface area contributed by atoms with Crippen molar-refractivity contribution in [3.63, 3.8) is 0 Å². The van der Waals surface area contributed by atoms with Gasteiger partial charge in [-0.3, -0.25) is 4.79 Å². The van der Waals surface area contributed by atoms with Gasteiger partial charge in [0.05, 0.1) is 4.99 Å². The number of amides is 1. The Morgan fingerprint density at radius 2 is 2.23 bits per heavy atom. The zero-order chi connectivity index (χ0) is 9.64. The molecule has 0 aromatic carbocycles. The molecule has 0 radical (unpaired) electrons. The van der Waals surface area contributed by atoms with Crippen LogP contribution >= 0.6 is 12.2 Å². The summed E-state index contributed by atoms with van der Waals surface area (Å²) in [6, 6.07) is 0. The summed E-state index contributed by atoms with van der Waals surface area (Å²) in [6.45, 7) is 4.96. The summed E-state index contributed by atoms with van der Waals surface area (Å²) >= 11 is 5.23. The van der Waals surface area contributed by atoms with E-state index in [1.165, 1.54) is 0 Å². The smallest absolute Gasteiger partial charge is 0.233 e. The molecule has 0 aromatic rings. The average molecular weight is 197 g/mol. The van der Waals surface area contributed by atoms with Gasteiger partial charge in [-0.05, 0) is 18.8 Å². The maximum Gasteiger partial charge on any atom is 0.233 e. The van der Waals surface area contributed by atoms with Gasteiger partial charge in [0.25, 0.3) is 0 Å². The van der Waals surface area contributed by atoms with E-state index in [9.17, 15) is 4.79 Å². The van der Waals surface area contributed by atoms with Crippen LogP contribution in [0.5, 0.6) is 0 Å². The number of hydrogen-bond donors (Lipinski definition) is 0. The number of carbonyl (C=O) groups excluding carboxylic acids is 1. The molecular weight excluding hydrogens is 182 g/mol. The van der Waals surface area contributed by atoms with Crippen LogP contribution < -0.4 is 0 Å². The van der Waals surface area contributed by atoms with E-state index >= 15 is 0 Å². The summed E-state index contributed by atoms with van der Waals surface area (Å²) in [7, 11) is 0. The highest BCUT2D eigenvalue weighted by Crippen LogP contribution is 2.42. The second kappa shape index (κ2) is 2.77. The monoisotopic (exact) mass is 197 g/mol. The molecule has 1 amide bonds. The van der Waals surface area contributed by atoms with Gasteiger partial charge in [0, 0.05) is 18.4 Å². The van der Waals surface area contributed by atoms with Crippen LogP contribution in [0.1, 0.15) is 33.1 Å². The van der Waals surface area contributed by atoms with Crippen LogP contribution in [-0.2, 0) is 4.79 Å². The Balaban J connectivity index is 2.40. The van der Waals surface area contributed by atoms with Crippen molar-refractivity contribution in [1.82, 2.24) is 4.90 Å². The van der Waals surface area contributed by atoms with Crippen molar-refractivity contribution < 1.29 is 4.79 Å². The van der Waals surface area contributed by atoms with Gasteiger partial charge < -0.3 is 4.90 Å². The topological polar surface area (TPSA) is 20.3 Å². The molecule has 1 atom stereocenters. The zero-order valence-corrected chi connectivity index (χ0v) is 8.99. The van der Waals surface area contributed by atoms with Crippen molar-refractivity contribution >= 4 is 23.1 Å². The lowest BCUT2D eigenvalue weighted by Crippen LogP contribution is -2.50. The van der Waals surface area contributed by atoms with Crippen LogP contribution in [0.15, 0.2) is 0 Å². The Morgan fingerprint density at radius 3 is 2.92 bits per heavy atom. The highest BCUT2D eigenvalue weighted by Gasteiger charge is 2.47. The molecule has 2 nitrogen and oxygen atoms in total. The minimum atomic E-state index is -0.182. The minimum Gasteiger partial charge on any atom is -0.306 e. The molecule has 1 unspecified atom stereocenters. The summed E-state index contributed by atoms with van der Waals surface area (Å²) in [4.78, 5) is 14.7. The van der Waals surface area contributed by atoms with Crippen molar-refractivity contribution in [3.8, 4) is 0 Å². The lowest BCUT2D eigenvalue weighted by Gasteiger charge is -2.40. The first kappa shape index (κ1) is 9.13. The summed E-state index contributed by atoms with van der Waals surface area (Å²) in [6.07, 6.45) is 3.20. The third kappa shape index (κ3) is 1.21. The molecule has 0 N–H and O–H groups in total. The summed E-state index contributed by atoms with van der Waals surface area (Å²) in [5.41, 5.74) is -0.182. The fraction of sp³-hybridized carbons (Fsp3) is 0.800. The van der Waals surface area contributed by atoms with E-state index in [1.54, 1.807) is 0 Å². The molecule has 3 aliphatic heterocycles. The molecule has 3 aliphatic rings. The number of carbonyl (C=O) groups is 1. The Hall–Kier alpha value is -0.440. The summed E-state index contributed by atoms with van der Waals surface area (Å²) in [5, 5.41) is 0. The lowest BCUT2D eigenvalue weighted by molar-refractivity contribution is -0.139. The minimum absolute atomic E-state index is 0.182. The number of piperidine rings is 1. The Morgan fingerprint density at radius 1 is 1.54 bits per heavy atom. The van der Waals surface area contributed by atoms with Gasteiger partial charge in [0.15, 0.2) is 0 Å². The van der Waals surface area contributed by atoms with Crippen LogP contribution in [0.4, 0.5) is 0 Å². The molecule has 3 heterocycles. The number of rotatable bonds is 0. The quantitative estimate of drug-likeness (QED) is 0.553. The molecule has 3 rings (SSSR count). The number of hydrogen-bond acceptors (Lipinski definition) is 2. The Bertz CT molecular complexity index is 272. The van der Waals surface area contributed by atoms with Crippen molar-refractivity contribution in [3.05, 3.63) is 0 Å². The summed E-state index contributed by atoms with van der Waals surface area (Å²) in [5.74, 6) is 0.720. The molecule has 3 saturated heterocycles. The molecule has 0 aliphatic carbocycles. The normalized spacial score (nSPS) is 32.2. The Kier molecular flexibility index (Phi) is 1.95. The van der Waals surface area contributed by atoms with E-state index in [-0.39, 0.29) is 11.3 Å². The summed E-state index contributed by atoms with van der Waals surface area (Å²) < 4.78 is 0. The molecule has 0 aromatic heterocycles. The van der Waals surface area contributed by atoms with Gasteiger partial charge >= 0.3 is 0 Å². The first-order valence-electron chi connectivity index (χ1n) is 4.88. The third-order valence-electron chi connectivity index (χ3n) is 3.47. The molecular formula is C10H15NOS. The van der Waals surface area contributed by atoms with Gasteiger partial charge in [0.2, 0.25) is 5.91 Å². The SMILES string of the molecule is CC1(C)C(=O)N2CCCC1CC2=S. The van der Waals surface area contributed by atoms with Crippen LogP contribution in [0, 0.1) is 11.3 Å². The molecule has 72 valence electrons. The number of nitrogens with zero attached hydrogens (tertiary/aromatic N) is 1. The third-order valence-corrected chi connectivity index (χ3v) is 3.86. The molecule has 0 saturated carbocycles. The van der Waals surface area contributed by atoms with E-state index in [1.807, 2.05) is 4.90 Å². The highest BCUT2D eigenvalue weighted by molar-refractivity contribution is 7.80. The lowest BCUT2D eigenvalue weighted by atomic mass is 9.72. The van der Waals surface area contributed by atoms with Crippen molar-refractivity contribution in [2.45, 2.75) is 33.1 Å². The first-order chi connectivity index (χ1) is 6.03. The maximum atomic E-state index is 12.0. The average Bonchev–Trinajstić information content (AvgIpc) is 2.29. The van der Waals surface area contributed by atoms with Crippen molar-refractivity contribution in [1.29, 1.82) is 0 Å². The molecule has 3 fully saturated rings. The van der Waals surface area contributed by atoms with E-state index in [2.05, 4.69) is 13.8 Å². The first-order valence-corrected chi connectivity index (χ1v) is 5.29. The predicted octanol–water partition coefficient (Wildman–Crippen LogP) is 1.98. The second-order valence-electron chi connectivity index (χ2n) is 4.62. The van der Waals surface area contributed by atoms with Gasteiger partial charge in [-0.15, -0.1) is 0 Å². The number of thiocarbonyl (C=S) groups is 1. The van der Waals surface area contributed by atoms with E-state index < -0.39 is 0 Å². The molecule has 0 spiro atoms. The van der Waals surface area contributed by atoms with E-state index in [4.69, 9.17) is 12.2 Å². The fourth-order valence-corrected chi connectivity index (χ4v) is 2.77. The predicted molar refractivity (Wildman–Crippen MR) is 55.4 cm³/mol. The fourth-order valence-electron chi connectivity index (χ4n) is 2.40. The van der Waals surface area contributed by atoms with E-state index in [0.717, 1.165) is 30.8 Å². The van der Waals surface area contributed by atoms with Gasteiger partial charge in [-0.25, -0.2) is 0 Å². The molecule has 2 bridgehead atoms. The largest absolute Gasteiger partial charge is 0.306 e. The van der Waals surface area contributed by atoms with Gasteiger partial charge in [0.1, 0.15) is 0 Å². The van der Waals surface area contributed by atoms with Crippen molar-refractivity contribution in [2.24, 2.45) is 11.3 Å². The van der Waals surface area contributed by atoms with E-state index in [0.29, 0.717) is 5.92 Å². The standard InChI is InChI=1S/C10H15NOS/c1-10(2)7-4-3-5-11(9(10)12)8(13)6-7/h7H,3-6H2,1-2H3. The van der Waals surface area contributed by atoms with Crippen LogP contribution in [-0.4, -0.2) is 22.3 Å². The molecule has 3 heteroatoms. The van der Waals surface area contributed by atoms with Crippen LogP contribution in [0.3, 0.4) is 0 Å². The van der Waals surface area contributed by atoms with Crippen LogP contribution in [0.25, 0.3) is 0 Å². The van der Waals surface area contributed by atoms with Crippen molar-refractivity contribution in [2.75, 3.05) is 6.54 Å². The van der Waals surface area contributed by atoms with Crippen LogP contribution in [0.2, 0.25) is 0 Å². The van der Waals surface area contributed by atoms with Gasteiger partial charge in [-0.1, -0.05) is 26.1 Å². The highest BCUT2D eigenvalue weighted by atomic mass is 32.1. The maximum absolute atomic E-state index is 12.0. The second-order valence-corrected chi connectivity index (χ2v) is 5.09. The Labute approximate surface area is 84.3 Å².